The molecule has 1 aliphatic heterocycles. The molecule has 6 rings (SSSR count). The molecule has 3 aromatic rings. The number of aromatic amines is 1. The van der Waals surface area contributed by atoms with Gasteiger partial charge in [0.2, 0.25) is 0 Å². The van der Waals surface area contributed by atoms with E-state index in [-0.39, 0.29) is 23.5 Å². The molecule has 1 saturated heterocycles. The predicted molar refractivity (Wildman–Crippen MR) is 137 cm³/mol. The van der Waals surface area contributed by atoms with E-state index in [1.54, 1.807) is 12.3 Å². The molecule has 3 atom stereocenters. The van der Waals surface area contributed by atoms with Crippen LogP contribution in [0.25, 0.3) is 11.0 Å². The van der Waals surface area contributed by atoms with Crippen LogP contribution in [0, 0.1) is 5.92 Å². The zero-order valence-electron chi connectivity index (χ0n) is 20.5. The number of hydrogen-bond acceptors (Lipinski definition) is 7. The Morgan fingerprint density at radius 1 is 1.19 bits per heavy atom. The number of H-pyrrole nitrogens is 1. The smallest absolute Gasteiger partial charge is 0.270 e. The van der Waals surface area contributed by atoms with E-state index in [0.29, 0.717) is 30.7 Å². The summed E-state index contributed by atoms with van der Waals surface area (Å²) in [5, 5.41) is 13.5. The number of hydrogen-bond donors (Lipinski definition) is 3. The van der Waals surface area contributed by atoms with Crippen molar-refractivity contribution in [3.05, 3.63) is 63.8 Å². The third-order valence-electron chi connectivity index (χ3n) is 7.88. The highest BCUT2D eigenvalue weighted by molar-refractivity contribution is 5.92. The Kier molecular flexibility index (Phi) is 5.97. The zero-order chi connectivity index (χ0) is 24.8. The summed E-state index contributed by atoms with van der Waals surface area (Å²) in [6, 6.07) is 8.23. The topological polar surface area (TPSA) is 114 Å². The molecule has 0 spiro atoms. The van der Waals surface area contributed by atoms with Gasteiger partial charge >= 0.3 is 0 Å². The number of anilines is 1. The average Bonchev–Trinajstić information content (AvgIpc) is 3.71. The van der Waals surface area contributed by atoms with Gasteiger partial charge in [-0.2, -0.15) is 0 Å². The van der Waals surface area contributed by atoms with Crippen molar-refractivity contribution in [2.45, 2.75) is 57.3 Å². The van der Waals surface area contributed by atoms with Crippen LogP contribution in [-0.2, 0) is 13.0 Å². The van der Waals surface area contributed by atoms with Gasteiger partial charge in [-0.3, -0.25) is 19.5 Å². The molecule has 2 saturated carbocycles. The lowest BCUT2D eigenvalue weighted by Gasteiger charge is -2.46. The van der Waals surface area contributed by atoms with Crippen molar-refractivity contribution in [3.8, 4) is 0 Å². The van der Waals surface area contributed by atoms with E-state index in [1.807, 2.05) is 31.3 Å². The summed E-state index contributed by atoms with van der Waals surface area (Å²) in [4.78, 5) is 41.2. The van der Waals surface area contributed by atoms with Crippen LogP contribution in [0.5, 0.6) is 0 Å². The first-order valence-corrected chi connectivity index (χ1v) is 12.9. The minimum absolute atomic E-state index is 0.0545. The fraction of sp³-hybridized carbons (Fsp3) is 0.481. The summed E-state index contributed by atoms with van der Waals surface area (Å²) in [5.74, 6) is 0.0301. The van der Waals surface area contributed by atoms with Crippen molar-refractivity contribution in [2.75, 3.05) is 24.5 Å². The SMILES string of the molecule is CCc1cc2ncc(CN3CCN(c4ccc(C(=O)NC5CC5)nc4)C[C@@H]4C3C[C@H]4O)cc2[nH]c1=O. The lowest BCUT2D eigenvalue weighted by Crippen LogP contribution is -2.56. The molecule has 0 radical (unpaired) electrons. The van der Waals surface area contributed by atoms with Gasteiger partial charge in [0.25, 0.3) is 11.5 Å². The Morgan fingerprint density at radius 2 is 2.06 bits per heavy atom. The van der Waals surface area contributed by atoms with Crippen molar-refractivity contribution in [1.29, 1.82) is 0 Å². The van der Waals surface area contributed by atoms with Gasteiger partial charge in [-0.25, -0.2) is 4.98 Å². The van der Waals surface area contributed by atoms with Gasteiger partial charge in [0.05, 0.1) is 29.0 Å². The molecule has 1 unspecified atom stereocenters. The van der Waals surface area contributed by atoms with Crippen LogP contribution in [0.4, 0.5) is 5.69 Å². The van der Waals surface area contributed by atoms with Gasteiger partial charge in [0.15, 0.2) is 0 Å². The molecule has 3 aliphatic rings. The van der Waals surface area contributed by atoms with Crippen molar-refractivity contribution in [1.82, 2.24) is 25.2 Å². The summed E-state index contributed by atoms with van der Waals surface area (Å²) in [6.45, 7) is 5.06. The summed E-state index contributed by atoms with van der Waals surface area (Å²) in [5.41, 5.74) is 4.70. The number of aliphatic hydroxyl groups excluding tert-OH is 1. The highest BCUT2D eigenvalue weighted by Crippen LogP contribution is 2.37. The summed E-state index contributed by atoms with van der Waals surface area (Å²) >= 11 is 0. The number of nitrogens with one attached hydrogen (secondary N) is 2. The molecule has 2 aliphatic carbocycles. The number of amides is 1. The van der Waals surface area contributed by atoms with Crippen molar-refractivity contribution in [3.63, 3.8) is 0 Å². The number of pyridine rings is 3. The molecule has 3 aromatic heterocycles. The minimum atomic E-state index is -0.326. The molecule has 1 amide bonds. The quantitative estimate of drug-likeness (QED) is 0.485. The van der Waals surface area contributed by atoms with E-state index in [4.69, 9.17) is 0 Å². The largest absolute Gasteiger partial charge is 0.393 e. The van der Waals surface area contributed by atoms with E-state index < -0.39 is 0 Å². The second-order valence-corrected chi connectivity index (χ2v) is 10.4. The third kappa shape index (κ3) is 4.49. The lowest BCUT2D eigenvalue weighted by atomic mass is 9.75. The number of nitrogens with zero attached hydrogens (tertiary/aromatic N) is 4. The Balaban J connectivity index is 1.17. The van der Waals surface area contributed by atoms with Gasteiger partial charge in [0.1, 0.15) is 5.69 Å². The van der Waals surface area contributed by atoms with Crippen molar-refractivity contribution in [2.24, 2.45) is 5.92 Å². The number of aromatic nitrogens is 3. The van der Waals surface area contributed by atoms with E-state index in [0.717, 1.165) is 66.7 Å². The normalized spacial score (nSPS) is 24.2. The Labute approximate surface area is 209 Å². The predicted octanol–water partition coefficient (Wildman–Crippen LogP) is 1.84. The molecule has 36 heavy (non-hydrogen) atoms. The first-order valence-electron chi connectivity index (χ1n) is 12.9. The molecule has 0 bridgehead atoms. The molecule has 9 nitrogen and oxygen atoms in total. The Hall–Kier alpha value is -3.30. The van der Waals surface area contributed by atoms with Crippen molar-refractivity contribution >= 4 is 22.6 Å². The highest BCUT2D eigenvalue weighted by Gasteiger charge is 2.45. The van der Waals surface area contributed by atoms with Crippen LogP contribution < -0.4 is 15.8 Å². The molecular weight excluding hydrogens is 456 g/mol. The van der Waals surface area contributed by atoms with Crippen LogP contribution in [-0.4, -0.2) is 68.7 Å². The maximum absolute atomic E-state index is 12.3. The monoisotopic (exact) mass is 488 g/mol. The molecule has 3 N–H and O–H groups in total. The lowest BCUT2D eigenvalue weighted by molar-refractivity contribution is -0.0541. The number of carbonyl (C=O) groups is 1. The summed E-state index contributed by atoms with van der Waals surface area (Å²) in [7, 11) is 0. The molecule has 9 heteroatoms. The van der Waals surface area contributed by atoms with Gasteiger partial charge in [-0.1, -0.05) is 6.92 Å². The van der Waals surface area contributed by atoms with Crippen LogP contribution in [0.15, 0.2) is 41.5 Å². The average molecular weight is 489 g/mol. The summed E-state index contributed by atoms with van der Waals surface area (Å²) in [6.07, 6.45) is 6.87. The molecule has 4 heterocycles. The van der Waals surface area contributed by atoms with Crippen LogP contribution in [0.2, 0.25) is 0 Å². The van der Waals surface area contributed by atoms with Crippen LogP contribution >= 0.6 is 0 Å². The third-order valence-corrected chi connectivity index (χ3v) is 7.88. The van der Waals surface area contributed by atoms with Crippen LogP contribution in [0.3, 0.4) is 0 Å². The van der Waals surface area contributed by atoms with Gasteiger partial charge in [0, 0.05) is 55.9 Å². The zero-order valence-corrected chi connectivity index (χ0v) is 20.5. The van der Waals surface area contributed by atoms with Gasteiger partial charge in [-0.15, -0.1) is 0 Å². The van der Waals surface area contributed by atoms with Gasteiger partial charge < -0.3 is 20.3 Å². The minimum Gasteiger partial charge on any atom is -0.393 e. The molecule has 0 aromatic carbocycles. The van der Waals surface area contributed by atoms with E-state index in [2.05, 4.69) is 30.1 Å². The number of aliphatic hydroxyl groups is 1. The van der Waals surface area contributed by atoms with E-state index in [9.17, 15) is 14.7 Å². The molecule has 3 fully saturated rings. The number of rotatable bonds is 6. The second kappa shape index (κ2) is 9.29. The second-order valence-electron chi connectivity index (χ2n) is 10.4. The van der Waals surface area contributed by atoms with E-state index >= 15 is 0 Å². The summed E-state index contributed by atoms with van der Waals surface area (Å²) < 4.78 is 0. The Bertz CT molecular complexity index is 1340. The fourth-order valence-electron chi connectivity index (χ4n) is 5.46. The fourth-order valence-corrected chi connectivity index (χ4v) is 5.46. The van der Waals surface area contributed by atoms with Crippen molar-refractivity contribution < 1.29 is 9.90 Å². The van der Waals surface area contributed by atoms with E-state index in [1.165, 1.54) is 0 Å². The van der Waals surface area contributed by atoms with Gasteiger partial charge in [-0.05, 0) is 55.5 Å². The first-order chi connectivity index (χ1) is 17.5. The maximum atomic E-state index is 12.3. The highest BCUT2D eigenvalue weighted by atomic mass is 16.3. The standard InChI is InChI=1S/C27H32N6O3/c1-2-17-10-22-23(31-26(17)35)9-16(12-28-22)14-33-8-7-32(15-20-24(33)11-25(20)34)19-5-6-21(29-13-19)27(36)30-18-3-4-18/h5-6,9-10,12-13,18,20,24-25,34H,2-4,7-8,11,14-15H2,1H3,(H,30,36)(H,31,35)/t20-,24?,25-/m1/s1. The molecule has 188 valence electrons. The maximum Gasteiger partial charge on any atom is 0.270 e. The number of aryl methyl sites for hydroxylation is 1. The van der Waals surface area contributed by atoms with Crippen LogP contribution in [0.1, 0.15) is 47.8 Å². The Morgan fingerprint density at radius 3 is 2.78 bits per heavy atom. The number of fused-ring (bicyclic) bond motifs is 2. The number of carbonyl (C=O) groups excluding carboxylic acids is 1. The molecular formula is C27H32N6O3. The first kappa shape index (κ1) is 23.1.